The van der Waals surface area contributed by atoms with Crippen molar-refractivity contribution >= 4 is 5.97 Å². The second-order valence-electron chi connectivity index (χ2n) is 4.45. The van der Waals surface area contributed by atoms with E-state index in [0.717, 1.165) is 24.4 Å². The van der Waals surface area contributed by atoms with Crippen LogP contribution in [0.15, 0.2) is 6.20 Å². The molecule has 0 bridgehead atoms. The third-order valence-corrected chi connectivity index (χ3v) is 2.72. The second kappa shape index (κ2) is 4.20. The van der Waals surface area contributed by atoms with Gasteiger partial charge in [0.25, 0.3) is 0 Å². The molecule has 1 fully saturated rings. The van der Waals surface area contributed by atoms with Gasteiger partial charge in [-0.05, 0) is 12.8 Å². The Balaban J connectivity index is 2.41. The van der Waals surface area contributed by atoms with Gasteiger partial charge in [0.15, 0.2) is 0 Å². The molecule has 2 rings (SSSR count). The van der Waals surface area contributed by atoms with Crippen LogP contribution < -0.4 is 0 Å². The minimum absolute atomic E-state index is 0.282. The molecular weight excluding hydrogens is 204 g/mol. The summed E-state index contributed by atoms with van der Waals surface area (Å²) in [5, 5.41) is 0. The largest absolute Gasteiger partial charge is 0.465 e. The Morgan fingerprint density at radius 3 is 2.69 bits per heavy atom. The average Bonchev–Trinajstić information content (AvgIpc) is 3.11. The summed E-state index contributed by atoms with van der Waals surface area (Å²) in [6.07, 6.45) is 3.82. The van der Waals surface area contributed by atoms with E-state index in [4.69, 9.17) is 4.74 Å². The molecule has 1 aliphatic carbocycles. The topological polar surface area (TPSA) is 52.1 Å². The number of nitrogens with zero attached hydrogens (tertiary/aromatic N) is 2. The first-order valence-corrected chi connectivity index (χ1v) is 5.58. The lowest BCUT2D eigenvalue weighted by atomic mass is 10.1. The quantitative estimate of drug-likeness (QED) is 0.733. The summed E-state index contributed by atoms with van der Waals surface area (Å²) in [6.45, 7) is 4.09. The van der Waals surface area contributed by atoms with Crippen molar-refractivity contribution in [1.29, 1.82) is 0 Å². The zero-order valence-corrected chi connectivity index (χ0v) is 9.86. The van der Waals surface area contributed by atoms with Gasteiger partial charge in [-0.15, -0.1) is 0 Å². The van der Waals surface area contributed by atoms with Gasteiger partial charge in [0.05, 0.1) is 18.4 Å². The summed E-state index contributed by atoms with van der Waals surface area (Å²) < 4.78 is 4.74. The smallest absolute Gasteiger partial charge is 0.341 e. The van der Waals surface area contributed by atoms with Gasteiger partial charge in [-0.2, -0.15) is 0 Å². The van der Waals surface area contributed by atoms with E-state index >= 15 is 0 Å². The zero-order chi connectivity index (χ0) is 11.7. The highest BCUT2D eigenvalue weighted by Crippen LogP contribution is 2.40. The number of rotatable bonds is 3. The third kappa shape index (κ3) is 2.05. The molecule has 4 heteroatoms. The van der Waals surface area contributed by atoms with Crippen LogP contribution in [-0.2, 0) is 4.74 Å². The Hall–Kier alpha value is -1.45. The van der Waals surface area contributed by atoms with Gasteiger partial charge in [0.1, 0.15) is 5.82 Å². The Morgan fingerprint density at radius 1 is 1.50 bits per heavy atom. The highest BCUT2D eigenvalue weighted by Gasteiger charge is 2.31. The molecule has 1 aliphatic rings. The van der Waals surface area contributed by atoms with Crippen LogP contribution >= 0.6 is 0 Å². The minimum Gasteiger partial charge on any atom is -0.465 e. The van der Waals surface area contributed by atoms with E-state index in [9.17, 15) is 4.79 Å². The number of aromatic nitrogens is 2. The van der Waals surface area contributed by atoms with E-state index in [1.54, 1.807) is 6.20 Å². The fraction of sp³-hybridized carbons (Fsp3) is 0.583. The highest BCUT2D eigenvalue weighted by molar-refractivity contribution is 5.90. The van der Waals surface area contributed by atoms with E-state index in [0.29, 0.717) is 11.5 Å². The van der Waals surface area contributed by atoms with Gasteiger partial charge in [0.2, 0.25) is 0 Å². The fourth-order valence-corrected chi connectivity index (χ4v) is 1.62. The maximum atomic E-state index is 11.5. The van der Waals surface area contributed by atoms with E-state index in [1.807, 2.05) is 13.8 Å². The molecule has 0 radical (unpaired) electrons. The second-order valence-corrected chi connectivity index (χ2v) is 4.45. The number of esters is 1. The van der Waals surface area contributed by atoms with Crippen LogP contribution in [0.4, 0.5) is 0 Å². The van der Waals surface area contributed by atoms with Crippen LogP contribution in [0, 0.1) is 0 Å². The SMILES string of the molecule is COC(=O)c1cnc(C(C)C)nc1C1CC1. The first-order valence-electron chi connectivity index (χ1n) is 5.58. The van der Waals surface area contributed by atoms with Crippen molar-refractivity contribution in [2.24, 2.45) is 0 Å². The molecular formula is C12H16N2O2. The molecule has 1 aromatic heterocycles. The molecule has 0 aliphatic heterocycles. The van der Waals surface area contributed by atoms with Crippen molar-refractivity contribution in [1.82, 2.24) is 9.97 Å². The summed E-state index contributed by atoms with van der Waals surface area (Å²) in [7, 11) is 1.38. The molecule has 0 spiro atoms. The molecule has 0 aromatic carbocycles. The van der Waals surface area contributed by atoms with Crippen LogP contribution in [-0.4, -0.2) is 23.0 Å². The standard InChI is InChI=1S/C12H16N2O2/c1-7(2)11-13-6-9(12(15)16-3)10(14-11)8-4-5-8/h6-8H,4-5H2,1-3H3. The molecule has 16 heavy (non-hydrogen) atoms. The maximum absolute atomic E-state index is 11.5. The first-order chi connectivity index (χ1) is 7.63. The molecule has 86 valence electrons. The van der Waals surface area contributed by atoms with Crippen molar-refractivity contribution in [3.05, 3.63) is 23.3 Å². The molecule has 0 amide bonds. The molecule has 1 aromatic rings. The van der Waals surface area contributed by atoms with Gasteiger partial charge in [0, 0.05) is 18.0 Å². The Bertz CT molecular complexity index is 411. The number of hydrogen-bond donors (Lipinski definition) is 0. The van der Waals surface area contributed by atoms with Gasteiger partial charge < -0.3 is 4.74 Å². The third-order valence-electron chi connectivity index (χ3n) is 2.72. The van der Waals surface area contributed by atoms with Crippen molar-refractivity contribution in [3.63, 3.8) is 0 Å². The van der Waals surface area contributed by atoms with Crippen molar-refractivity contribution < 1.29 is 9.53 Å². The van der Waals surface area contributed by atoms with Gasteiger partial charge >= 0.3 is 5.97 Å². The molecule has 4 nitrogen and oxygen atoms in total. The molecule has 0 atom stereocenters. The predicted molar refractivity (Wildman–Crippen MR) is 59.4 cm³/mol. The molecule has 0 N–H and O–H groups in total. The molecule has 0 unspecified atom stereocenters. The molecule has 1 heterocycles. The lowest BCUT2D eigenvalue weighted by Gasteiger charge is -2.09. The minimum atomic E-state index is -0.336. The summed E-state index contributed by atoms with van der Waals surface area (Å²) in [6, 6.07) is 0. The first kappa shape index (κ1) is 11.0. The van der Waals surface area contributed by atoms with Crippen LogP contribution in [0.1, 0.15) is 60.4 Å². The lowest BCUT2D eigenvalue weighted by Crippen LogP contribution is -2.11. The molecule has 1 saturated carbocycles. The summed E-state index contributed by atoms with van der Waals surface area (Å²) >= 11 is 0. The Morgan fingerprint density at radius 2 is 2.19 bits per heavy atom. The maximum Gasteiger partial charge on any atom is 0.341 e. The summed E-state index contributed by atoms with van der Waals surface area (Å²) in [5.41, 5.74) is 1.39. The highest BCUT2D eigenvalue weighted by atomic mass is 16.5. The van der Waals surface area contributed by atoms with Crippen molar-refractivity contribution in [3.8, 4) is 0 Å². The molecule has 0 saturated heterocycles. The number of methoxy groups -OCH3 is 1. The van der Waals surface area contributed by atoms with Gasteiger partial charge in [-0.25, -0.2) is 14.8 Å². The normalized spacial score (nSPS) is 15.2. The number of ether oxygens (including phenoxy) is 1. The van der Waals surface area contributed by atoms with Crippen LogP contribution in [0.5, 0.6) is 0 Å². The fourth-order valence-electron chi connectivity index (χ4n) is 1.62. The Labute approximate surface area is 95.1 Å². The van der Waals surface area contributed by atoms with E-state index in [1.165, 1.54) is 7.11 Å². The van der Waals surface area contributed by atoms with Gasteiger partial charge in [-0.3, -0.25) is 0 Å². The van der Waals surface area contributed by atoms with E-state index < -0.39 is 0 Å². The van der Waals surface area contributed by atoms with E-state index in [-0.39, 0.29) is 11.9 Å². The average molecular weight is 220 g/mol. The zero-order valence-electron chi connectivity index (χ0n) is 9.86. The van der Waals surface area contributed by atoms with Crippen molar-refractivity contribution in [2.45, 2.75) is 38.5 Å². The van der Waals surface area contributed by atoms with E-state index in [2.05, 4.69) is 9.97 Å². The van der Waals surface area contributed by atoms with Crippen LogP contribution in [0.25, 0.3) is 0 Å². The lowest BCUT2D eigenvalue weighted by molar-refractivity contribution is 0.0598. The number of carbonyl (C=O) groups is 1. The van der Waals surface area contributed by atoms with Crippen molar-refractivity contribution in [2.75, 3.05) is 7.11 Å². The summed E-state index contributed by atoms with van der Waals surface area (Å²) in [5.74, 6) is 1.17. The number of carbonyl (C=O) groups excluding carboxylic acids is 1. The Kier molecular flexibility index (Phi) is 2.90. The monoisotopic (exact) mass is 220 g/mol. The van der Waals surface area contributed by atoms with Crippen LogP contribution in [0.2, 0.25) is 0 Å². The van der Waals surface area contributed by atoms with Gasteiger partial charge in [-0.1, -0.05) is 13.8 Å². The predicted octanol–water partition coefficient (Wildman–Crippen LogP) is 2.26. The van der Waals surface area contributed by atoms with Crippen LogP contribution in [0.3, 0.4) is 0 Å². The number of hydrogen-bond acceptors (Lipinski definition) is 4. The summed E-state index contributed by atoms with van der Waals surface area (Å²) in [4.78, 5) is 20.2.